The van der Waals surface area contributed by atoms with Crippen LogP contribution in [0, 0.1) is 18.3 Å². The number of hydrogen-bond donors (Lipinski definition) is 1. The molecule has 2 unspecified atom stereocenters. The highest BCUT2D eigenvalue weighted by atomic mass is 15.2. The van der Waals surface area contributed by atoms with Gasteiger partial charge in [-0.15, -0.1) is 0 Å². The van der Waals surface area contributed by atoms with Crippen LogP contribution in [0.1, 0.15) is 44.9 Å². The molecule has 1 aliphatic carbocycles. The van der Waals surface area contributed by atoms with Crippen LogP contribution in [-0.2, 0) is 6.54 Å². The van der Waals surface area contributed by atoms with E-state index in [1.54, 1.807) is 0 Å². The molecule has 2 fully saturated rings. The molecule has 116 valence electrons. The first kappa shape index (κ1) is 15.0. The quantitative estimate of drug-likeness (QED) is 0.926. The van der Waals surface area contributed by atoms with Gasteiger partial charge in [0.2, 0.25) is 0 Å². The molecule has 1 saturated carbocycles. The van der Waals surface area contributed by atoms with E-state index in [-0.39, 0.29) is 0 Å². The van der Waals surface area contributed by atoms with Crippen LogP contribution in [0.4, 0.5) is 0 Å². The van der Waals surface area contributed by atoms with E-state index >= 15 is 0 Å². The van der Waals surface area contributed by atoms with Crippen molar-refractivity contribution in [2.45, 2.75) is 59.2 Å². The molecule has 1 aliphatic heterocycles. The molecular weight excluding hydrogens is 258 g/mol. The molecule has 1 aromatic rings. The Bertz CT molecular complexity index is 487. The van der Waals surface area contributed by atoms with Crippen LogP contribution in [-0.4, -0.2) is 35.1 Å². The number of nitrogens with one attached hydrogen (secondary N) is 1. The van der Waals surface area contributed by atoms with Gasteiger partial charge in [-0.3, -0.25) is 9.88 Å². The van der Waals surface area contributed by atoms with E-state index in [1.807, 2.05) is 12.3 Å². The van der Waals surface area contributed by atoms with Crippen molar-refractivity contribution in [3.05, 3.63) is 29.6 Å². The second kappa shape index (κ2) is 5.69. The molecule has 3 heteroatoms. The standard InChI is InChI=1S/C18H29N3/c1-13-6-5-9-19-15(13)11-21-12-17(18(2,3)4)20-10-16(21)14-7-8-14/h5-6,9,14,16-17,20H,7-8,10-12H2,1-4H3. The van der Waals surface area contributed by atoms with Crippen LogP contribution in [0.15, 0.2) is 18.3 Å². The number of nitrogens with zero attached hydrogens (tertiary/aromatic N) is 2. The Kier molecular flexibility index (Phi) is 4.06. The molecule has 3 nitrogen and oxygen atoms in total. The molecular formula is C18H29N3. The van der Waals surface area contributed by atoms with Crippen molar-refractivity contribution in [2.75, 3.05) is 13.1 Å². The highest BCUT2D eigenvalue weighted by molar-refractivity contribution is 5.18. The zero-order chi connectivity index (χ0) is 15.0. The predicted octanol–water partition coefficient (Wildman–Crippen LogP) is 2.99. The average Bonchev–Trinajstić information content (AvgIpc) is 3.25. The highest BCUT2D eigenvalue weighted by Crippen LogP contribution is 2.38. The molecule has 1 N–H and O–H groups in total. The molecule has 2 atom stereocenters. The smallest absolute Gasteiger partial charge is 0.0573 e. The lowest BCUT2D eigenvalue weighted by Gasteiger charge is -2.45. The van der Waals surface area contributed by atoms with E-state index in [0.717, 1.165) is 25.6 Å². The fourth-order valence-electron chi connectivity index (χ4n) is 3.41. The predicted molar refractivity (Wildman–Crippen MR) is 87.1 cm³/mol. The lowest BCUT2D eigenvalue weighted by molar-refractivity contribution is 0.0677. The van der Waals surface area contributed by atoms with Gasteiger partial charge in [-0.2, -0.15) is 0 Å². The molecule has 0 bridgehead atoms. The summed E-state index contributed by atoms with van der Waals surface area (Å²) in [4.78, 5) is 7.31. The minimum atomic E-state index is 0.311. The maximum absolute atomic E-state index is 4.61. The van der Waals surface area contributed by atoms with Gasteiger partial charge in [0.25, 0.3) is 0 Å². The van der Waals surface area contributed by atoms with Gasteiger partial charge in [-0.1, -0.05) is 26.8 Å². The average molecular weight is 287 g/mol. The van der Waals surface area contributed by atoms with Crippen LogP contribution in [0.25, 0.3) is 0 Å². The Labute approximate surface area is 129 Å². The van der Waals surface area contributed by atoms with Gasteiger partial charge in [0.1, 0.15) is 0 Å². The summed E-state index contributed by atoms with van der Waals surface area (Å²) < 4.78 is 0. The lowest BCUT2D eigenvalue weighted by atomic mass is 9.84. The second-order valence-electron chi connectivity index (χ2n) is 7.93. The summed E-state index contributed by atoms with van der Waals surface area (Å²) in [6.07, 6.45) is 4.74. The Morgan fingerprint density at radius 1 is 1.33 bits per heavy atom. The molecule has 0 amide bonds. The van der Waals surface area contributed by atoms with Crippen molar-refractivity contribution in [3.8, 4) is 0 Å². The number of pyridine rings is 1. The first-order chi connectivity index (χ1) is 9.95. The Hall–Kier alpha value is -0.930. The highest BCUT2D eigenvalue weighted by Gasteiger charge is 2.41. The molecule has 0 aromatic carbocycles. The van der Waals surface area contributed by atoms with Crippen molar-refractivity contribution in [2.24, 2.45) is 11.3 Å². The summed E-state index contributed by atoms with van der Waals surface area (Å²) in [6.45, 7) is 12.5. The minimum Gasteiger partial charge on any atom is -0.311 e. The van der Waals surface area contributed by atoms with Gasteiger partial charge in [0, 0.05) is 37.9 Å². The number of aromatic nitrogens is 1. The van der Waals surface area contributed by atoms with Crippen molar-refractivity contribution in [1.82, 2.24) is 15.2 Å². The van der Waals surface area contributed by atoms with Gasteiger partial charge in [-0.25, -0.2) is 0 Å². The van der Waals surface area contributed by atoms with Crippen LogP contribution >= 0.6 is 0 Å². The van der Waals surface area contributed by atoms with Crippen molar-refractivity contribution in [3.63, 3.8) is 0 Å². The third-order valence-corrected chi connectivity index (χ3v) is 5.14. The monoisotopic (exact) mass is 287 g/mol. The Morgan fingerprint density at radius 3 is 2.71 bits per heavy atom. The summed E-state index contributed by atoms with van der Waals surface area (Å²) >= 11 is 0. The summed E-state index contributed by atoms with van der Waals surface area (Å²) in [5.74, 6) is 0.905. The summed E-state index contributed by atoms with van der Waals surface area (Å²) in [5, 5.41) is 3.80. The van der Waals surface area contributed by atoms with Gasteiger partial charge in [-0.05, 0) is 42.7 Å². The normalized spacial score (nSPS) is 27.8. The molecule has 2 heterocycles. The maximum Gasteiger partial charge on any atom is 0.0573 e. The van der Waals surface area contributed by atoms with Gasteiger partial charge < -0.3 is 5.32 Å². The van der Waals surface area contributed by atoms with E-state index in [2.05, 4.69) is 49.0 Å². The van der Waals surface area contributed by atoms with Crippen LogP contribution in [0.5, 0.6) is 0 Å². The van der Waals surface area contributed by atoms with Crippen molar-refractivity contribution in [1.29, 1.82) is 0 Å². The Balaban J connectivity index is 1.76. The van der Waals surface area contributed by atoms with Crippen molar-refractivity contribution < 1.29 is 0 Å². The minimum absolute atomic E-state index is 0.311. The molecule has 1 saturated heterocycles. The molecule has 1 aromatic heterocycles. The zero-order valence-corrected chi connectivity index (χ0v) is 13.9. The van der Waals surface area contributed by atoms with E-state index < -0.39 is 0 Å². The number of piperazine rings is 1. The van der Waals surface area contributed by atoms with Gasteiger partial charge in [0.15, 0.2) is 0 Å². The van der Waals surface area contributed by atoms with Crippen LogP contribution < -0.4 is 5.32 Å². The molecule has 2 aliphatic rings. The fourth-order valence-corrected chi connectivity index (χ4v) is 3.41. The molecule has 0 spiro atoms. The second-order valence-corrected chi connectivity index (χ2v) is 7.93. The molecule has 3 rings (SSSR count). The first-order valence-electron chi connectivity index (χ1n) is 8.33. The zero-order valence-electron chi connectivity index (χ0n) is 13.9. The van der Waals surface area contributed by atoms with Crippen molar-refractivity contribution >= 4 is 0 Å². The lowest BCUT2D eigenvalue weighted by Crippen LogP contribution is -2.60. The first-order valence-corrected chi connectivity index (χ1v) is 8.33. The fraction of sp³-hybridized carbons (Fsp3) is 0.722. The SMILES string of the molecule is Cc1cccnc1CN1CC(C(C)(C)C)NCC1C1CC1. The largest absolute Gasteiger partial charge is 0.311 e. The number of aryl methyl sites for hydroxylation is 1. The third-order valence-electron chi connectivity index (χ3n) is 5.14. The van der Waals surface area contributed by atoms with Gasteiger partial charge >= 0.3 is 0 Å². The van der Waals surface area contributed by atoms with E-state index in [1.165, 1.54) is 24.1 Å². The number of hydrogen-bond acceptors (Lipinski definition) is 3. The molecule has 0 radical (unpaired) electrons. The van der Waals surface area contributed by atoms with Gasteiger partial charge in [0.05, 0.1) is 5.69 Å². The Morgan fingerprint density at radius 2 is 2.10 bits per heavy atom. The topological polar surface area (TPSA) is 28.2 Å². The summed E-state index contributed by atoms with van der Waals surface area (Å²) in [6, 6.07) is 5.48. The summed E-state index contributed by atoms with van der Waals surface area (Å²) in [7, 11) is 0. The van der Waals surface area contributed by atoms with Crippen LogP contribution in [0.2, 0.25) is 0 Å². The summed E-state index contributed by atoms with van der Waals surface area (Å²) in [5.41, 5.74) is 2.88. The van der Waals surface area contributed by atoms with Crippen LogP contribution in [0.3, 0.4) is 0 Å². The number of rotatable bonds is 3. The maximum atomic E-state index is 4.61. The van der Waals surface area contributed by atoms with E-state index in [4.69, 9.17) is 0 Å². The van der Waals surface area contributed by atoms with E-state index in [0.29, 0.717) is 17.5 Å². The van der Waals surface area contributed by atoms with E-state index in [9.17, 15) is 0 Å². The third kappa shape index (κ3) is 3.46. The molecule has 21 heavy (non-hydrogen) atoms.